The van der Waals surface area contributed by atoms with E-state index in [4.69, 9.17) is 13.4 Å². The molecule has 4 rings (SSSR count). The first kappa shape index (κ1) is 23.0. The van der Waals surface area contributed by atoms with Crippen LogP contribution in [0, 0.1) is 5.92 Å². The number of nitrogens with two attached hydrogens (primary N) is 1. The van der Waals surface area contributed by atoms with E-state index in [2.05, 4.69) is 17.1 Å². The average Bonchev–Trinajstić information content (AvgIpc) is 3.51. The molecule has 6 nitrogen and oxygen atoms in total. The van der Waals surface area contributed by atoms with Crippen molar-refractivity contribution < 1.29 is 35.7 Å². The molecule has 3 aromatic rings. The van der Waals surface area contributed by atoms with Gasteiger partial charge in [-0.2, -0.15) is 0 Å². The summed E-state index contributed by atoms with van der Waals surface area (Å²) in [5, 5.41) is 1.03. The number of nitrogens with zero attached hydrogens (tertiary/aromatic N) is 2. The van der Waals surface area contributed by atoms with Crippen LogP contribution in [-0.2, 0) is 17.8 Å². The van der Waals surface area contributed by atoms with Gasteiger partial charge >= 0.3 is 128 Å². The molecule has 1 amide bonds. The second-order valence-corrected chi connectivity index (χ2v) is 10.8. The Labute approximate surface area is 203 Å². The van der Waals surface area contributed by atoms with Gasteiger partial charge in [-0.25, -0.2) is 4.79 Å². The molecule has 2 N–H and O–H groups in total. The van der Waals surface area contributed by atoms with Crippen molar-refractivity contribution in [1.29, 1.82) is 0 Å². The van der Waals surface area contributed by atoms with Crippen LogP contribution in [0.1, 0.15) is 16.9 Å². The number of thiazole rings is 1. The number of carbonyl (C=O) groups is 1. The molecule has 0 spiro atoms. The number of hydrogen-bond acceptors (Lipinski definition) is 6. The first-order valence-electron chi connectivity index (χ1n) is 10.6. The minimum atomic E-state index is -0.253. The Bertz CT molecular complexity index is 997. The van der Waals surface area contributed by atoms with Crippen LogP contribution in [0.3, 0.4) is 0 Å². The van der Waals surface area contributed by atoms with Crippen molar-refractivity contribution in [3.8, 4) is 16.3 Å². The molecule has 8 heteroatoms. The van der Waals surface area contributed by atoms with Gasteiger partial charge in [-0.05, 0) is 12.0 Å². The third kappa shape index (κ3) is 6.43. The number of likely N-dealkylation sites (tertiary alicyclic amines) is 1. The summed E-state index contributed by atoms with van der Waals surface area (Å²) in [4.78, 5) is 19.9. The molecule has 2 aromatic carbocycles. The van der Waals surface area contributed by atoms with Crippen LogP contribution in [0.4, 0.5) is 4.79 Å². The van der Waals surface area contributed by atoms with E-state index in [0.29, 0.717) is 32.2 Å². The number of ether oxygens (including phenoxy) is 2. The van der Waals surface area contributed by atoms with Crippen molar-refractivity contribution >= 4 is 17.4 Å². The number of alkyl halides is 1. The summed E-state index contributed by atoms with van der Waals surface area (Å²) in [6.45, 7) is 2.27. The molecular weight excluding hydrogens is 537 g/mol. The predicted molar refractivity (Wildman–Crippen MR) is 122 cm³/mol. The summed E-state index contributed by atoms with van der Waals surface area (Å²) in [6, 6.07) is 17.8. The molecule has 0 aliphatic carbocycles. The van der Waals surface area contributed by atoms with E-state index in [1.54, 1.807) is 16.2 Å². The van der Waals surface area contributed by atoms with Crippen LogP contribution >= 0.6 is 11.3 Å². The summed E-state index contributed by atoms with van der Waals surface area (Å²) in [6.07, 6.45) is 3.66. The quantitative estimate of drug-likeness (QED) is 0.241. The first-order valence-corrected chi connectivity index (χ1v) is 14.2. The number of carbonyl (C=O) groups excluding carboxylic acids is 1. The van der Waals surface area contributed by atoms with E-state index in [-0.39, 0.29) is 27.6 Å². The number of hydrogen-bond donors (Lipinski definition) is 1. The summed E-state index contributed by atoms with van der Waals surface area (Å²) in [5.41, 5.74) is 2.10. The molecule has 0 radical (unpaired) electrons. The minimum absolute atomic E-state index is 0.163. The third-order valence-electron chi connectivity index (χ3n) is 5.34. The van der Waals surface area contributed by atoms with Crippen LogP contribution in [0.5, 0.6) is 5.75 Å². The normalized spacial score (nSPS) is 15.8. The van der Waals surface area contributed by atoms with Gasteiger partial charge in [-0.3, -0.25) is 0 Å². The Morgan fingerprint density at radius 1 is 1.19 bits per heavy atom. The number of benzene rings is 2. The molecule has 0 bridgehead atoms. The zero-order chi connectivity index (χ0) is 22.2. The number of aryl methyl sites for hydroxylation is 1. The summed E-state index contributed by atoms with van der Waals surface area (Å²) in [5.74, 6) is 1.15. The Morgan fingerprint density at radius 3 is 2.78 bits per heavy atom. The molecule has 1 fully saturated rings. The average molecular weight is 564 g/mol. The van der Waals surface area contributed by atoms with Crippen molar-refractivity contribution in [3.63, 3.8) is 0 Å². The fraction of sp³-hybridized carbons (Fsp3) is 0.333. The topological polar surface area (TPSA) is 77.7 Å². The van der Waals surface area contributed by atoms with Gasteiger partial charge in [-0.15, -0.1) is 0 Å². The molecule has 0 unspecified atom stereocenters. The Hall–Kier alpha value is -2.17. The number of halogens is 1. The van der Waals surface area contributed by atoms with Gasteiger partial charge in [0.05, 0.1) is 0 Å². The van der Waals surface area contributed by atoms with Crippen molar-refractivity contribution in [2.24, 2.45) is 9.86 Å². The molecule has 1 saturated heterocycles. The SMILES string of the molecule is N[I-]CCc1cnc(-c2ccc(OC[C@H]3CCN(C(=O)OCc4ccccc4)C3)cc2)s1. The molecule has 32 heavy (non-hydrogen) atoms. The maximum atomic E-state index is 12.3. The predicted octanol–water partition coefficient (Wildman–Crippen LogP) is 1.35. The van der Waals surface area contributed by atoms with Gasteiger partial charge < -0.3 is 9.64 Å². The third-order valence-corrected chi connectivity index (χ3v) is 7.61. The molecule has 2 heterocycles. The van der Waals surface area contributed by atoms with Crippen LogP contribution in [0.2, 0.25) is 0 Å². The van der Waals surface area contributed by atoms with Gasteiger partial charge in [0.2, 0.25) is 0 Å². The van der Waals surface area contributed by atoms with Crippen molar-refractivity contribution in [3.05, 3.63) is 71.2 Å². The number of aromatic nitrogens is 1. The van der Waals surface area contributed by atoms with Crippen molar-refractivity contribution in [2.75, 3.05) is 24.1 Å². The van der Waals surface area contributed by atoms with Gasteiger partial charge in [0.1, 0.15) is 6.61 Å². The second-order valence-electron chi connectivity index (χ2n) is 7.70. The van der Waals surface area contributed by atoms with Gasteiger partial charge in [-0.1, -0.05) is 30.3 Å². The monoisotopic (exact) mass is 564 g/mol. The second kappa shape index (κ2) is 11.6. The zero-order valence-electron chi connectivity index (χ0n) is 17.8. The van der Waals surface area contributed by atoms with E-state index >= 15 is 0 Å². The summed E-state index contributed by atoms with van der Waals surface area (Å²) < 4.78 is 18.2. The van der Waals surface area contributed by atoms with Crippen LogP contribution in [0.25, 0.3) is 10.6 Å². The molecule has 1 aliphatic rings. The molecule has 1 atom stereocenters. The molecule has 0 saturated carbocycles. The molecule has 1 aliphatic heterocycles. The van der Waals surface area contributed by atoms with Crippen molar-refractivity contribution in [2.45, 2.75) is 19.4 Å². The Kier molecular flexibility index (Phi) is 8.36. The summed E-state index contributed by atoms with van der Waals surface area (Å²) in [7, 11) is 0. The van der Waals surface area contributed by atoms with Gasteiger partial charge in [0.15, 0.2) is 0 Å². The Balaban J connectivity index is 1.21. The zero-order valence-corrected chi connectivity index (χ0v) is 20.8. The van der Waals surface area contributed by atoms with E-state index in [9.17, 15) is 4.79 Å². The fourth-order valence-electron chi connectivity index (χ4n) is 3.56. The van der Waals surface area contributed by atoms with Gasteiger partial charge in [0, 0.05) is 13.1 Å². The Morgan fingerprint density at radius 2 is 2.00 bits per heavy atom. The van der Waals surface area contributed by atoms with Crippen molar-refractivity contribution in [1.82, 2.24) is 9.88 Å². The molecule has 170 valence electrons. The standard InChI is InChI=1S/C24H27IN3O3S/c26-25-12-10-22-14-27-23(32-22)20-6-8-21(9-7-20)30-17-19-11-13-28(15-19)24(29)31-16-18-4-2-1-3-5-18/h1-9,14,19H,10-13,15-17,26H2/q-1/t19-/m0/s1. The van der Waals surface area contributed by atoms with E-state index in [1.165, 1.54) is 4.88 Å². The number of amides is 1. The maximum absolute atomic E-state index is 12.3. The molecule has 1 aromatic heterocycles. The first-order chi connectivity index (χ1) is 15.7. The van der Waals surface area contributed by atoms with Crippen LogP contribution in [0.15, 0.2) is 60.8 Å². The van der Waals surface area contributed by atoms with Crippen LogP contribution < -0.4 is 30.2 Å². The van der Waals surface area contributed by atoms with Crippen LogP contribution in [-0.4, -0.2) is 40.1 Å². The van der Waals surface area contributed by atoms with Gasteiger partial charge in [0.25, 0.3) is 0 Å². The van der Waals surface area contributed by atoms with E-state index < -0.39 is 0 Å². The fourth-order valence-corrected chi connectivity index (χ4v) is 5.73. The van der Waals surface area contributed by atoms with E-state index in [0.717, 1.165) is 39.2 Å². The number of rotatable bonds is 9. The molecular formula is C24H27IN3O3S-. The van der Waals surface area contributed by atoms with E-state index in [1.807, 2.05) is 48.7 Å². The summed E-state index contributed by atoms with van der Waals surface area (Å²) >= 11 is 1.57.